The zero-order chi connectivity index (χ0) is 9.36. The monoisotopic (exact) mass is 198 g/mol. The van der Waals surface area contributed by atoms with Gasteiger partial charge in [-0.1, -0.05) is 13.3 Å². The minimum atomic E-state index is 0.00910. The molecule has 74 valence electrons. The summed E-state index contributed by atoms with van der Waals surface area (Å²) in [6.07, 6.45) is 8.76. The zero-order valence-corrected chi connectivity index (χ0v) is 9.16. The van der Waals surface area contributed by atoms with Gasteiger partial charge in [0.15, 0.2) is 0 Å². The summed E-state index contributed by atoms with van der Waals surface area (Å²) < 4.78 is 0.00910. The highest BCUT2D eigenvalue weighted by Gasteiger charge is 2.43. The predicted octanol–water partition coefficient (Wildman–Crippen LogP) is 3.03. The molecule has 1 saturated carbocycles. The van der Waals surface area contributed by atoms with Crippen molar-refractivity contribution in [1.29, 1.82) is 0 Å². The molecule has 0 aromatic carbocycles. The second kappa shape index (κ2) is 3.30. The van der Waals surface area contributed by atoms with Crippen molar-refractivity contribution in [3.63, 3.8) is 0 Å². The van der Waals surface area contributed by atoms with E-state index in [1.54, 1.807) is 0 Å². The largest absolute Gasteiger partial charge is 0.302 e. The molecule has 0 N–H and O–H groups in total. The van der Waals surface area contributed by atoms with Crippen LogP contribution in [0.15, 0.2) is 0 Å². The van der Waals surface area contributed by atoms with Crippen LogP contribution in [0.2, 0.25) is 0 Å². The Balaban J connectivity index is 2.00. The third-order valence-corrected chi connectivity index (χ3v) is 5.15. The van der Waals surface area contributed by atoms with Crippen LogP contribution >= 0.6 is 11.8 Å². The molecular formula is C11H18OS. The summed E-state index contributed by atoms with van der Waals surface area (Å²) in [5.41, 5.74) is 0.498. The topological polar surface area (TPSA) is 17.1 Å². The lowest BCUT2D eigenvalue weighted by Gasteiger charge is -2.43. The molecule has 1 aliphatic carbocycles. The molecule has 0 amide bonds. The Bertz CT molecular complexity index is 202. The minimum absolute atomic E-state index is 0.00910. The summed E-state index contributed by atoms with van der Waals surface area (Å²) in [6, 6.07) is 0. The molecule has 2 rings (SSSR count). The first-order valence-electron chi connectivity index (χ1n) is 5.28. The van der Waals surface area contributed by atoms with Gasteiger partial charge in [-0.3, -0.25) is 0 Å². The summed E-state index contributed by atoms with van der Waals surface area (Å²) in [7, 11) is 0. The summed E-state index contributed by atoms with van der Waals surface area (Å²) in [5, 5.41) is 0. The Morgan fingerprint density at radius 2 is 2.08 bits per heavy atom. The molecule has 13 heavy (non-hydrogen) atoms. The summed E-state index contributed by atoms with van der Waals surface area (Å²) in [6.45, 7) is 2.35. The average molecular weight is 198 g/mol. The molecule has 0 bridgehead atoms. The molecule has 1 aliphatic heterocycles. The fourth-order valence-corrected chi connectivity index (χ4v) is 4.17. The van der Waals surface area contributed by atoms with Gasteiger partial charge in [0.25, 0.3) is 0 Å². The third kappa shape index (κ3) is 1.78. The Morgan fingerprint density at radius 3 is 2.46 bits per heavy atom. The highest BCUT2D eigenvalue weighted by atomic mass is 32.2. The van der Waals surface area contributed by atoms with Gasteiger partial charge in [0.1, 0.15) is 6.29 Å². The molecule has 2 heteroatoms. The molecule has 1 unspecified atom stereocenters. The highest BCUT2D eigenvalue weighted by molar-refractivity contribution is 8.01. The molecule has 0 aromatic rings. The van der Waals surface area contributed by atoms with E-state index in [0.717, 1.165) is 12.8 Å². The van der Waals surface area contributed by atoms with Gasteiger partial charge in [0.05, 0.1) is 4.75 Å². The molecule has 0 radical (unpaired) electrons. The molecule has 0 aromatic heterocycles. The molecule has 2 fully saturated rings. The highest BCUT2D eigenvalue weighted by Crippen LogP contribution is 2.52. The Hall–Kier alpha value is 0.0200. The van der Waals surface area contributed by atoms with Crippen molar-refractivity contribution in [3.05, 3.63) is 0 Å². The maximum atomic E-state index is 11.1. The quantitative estimate of drug-likeness (QED) is 0.648. The van der Waals surface area contributed by atoms with Crippen molar-refractivity contribution in [2.24, 2.45) is 5.41 Å². The fourth-order valence-electron chi connectivity index (χ4n) is 2.67. The fraction of sp³-hybridized carbons (Fsp3) is 0.909. The molecule has 1 nitrogen and oxygen atoms in total. The lowest BCUT2D eigenvalue weighted by Crippen LogP contribution is -2.36. The van der Waals surface area contributed by atoms with E-state index in [2.05, 4.69) is 6.92 Å². The Morgan fingerprint density at radius 1 is 1.31 bits per heavy atom. The van der Waals surface area contributed by atoms with Crippen molar-refractivity contribution in [2.75, 3.05) is 5.75 Å². The SMILES string of the molecule is CC1(CC2(C=O)CCCS2)CCC1. The van der Waals surface area contributed by atoms with E-state index in [1.807, 2.05) is 11.8 Å². The Labute approximate surface area is 84.7 Å². The molecule has 0 spiro atoms. The van der Waals surface area contributed by atoms with Crippen molar-refractivity contribution >= 4 is 18.0 Å². The zero-order valence-electron chi connectivity index (χ0n) is 8.34. The van der Waals surface area contributed by atoms with E-state index in [0.29, 0.717) is 5.41 Å². The van der Waals surface area contributed by atoms with Crippen LogP contribution in [0, 0.1) is 5.41 Å². The molecule has 2 aliphatic rings. The van der Waals surface area contributed by atoms with Gasteiger partial charge in [-0.25, -0.2) is 0 Å². The second-order valence-electron chi connectivity index (χ2n) is 4.98. The van der Waals surface area contributed by atoms with Gasteiger partial charge in [-0.2, -0.15) is 0 Å². The number of thioether (sulfide) groups is 1. The minimum Gasteiger partial charge on any atom is -0.302 e. The van der Waals surface area contributed by atoms with Crippen LogP contribution in [-0.2, 0) is 4.79 Å². The standard InChI is InChI=1S/C11H18OS/c1-10(4-2-5-10)8-11(9-12)6-3-7-13-11/h9H,2-8H2,1H3. The van der Waals surface area contributed by atoms with Gasteiger partial charge >= 0.3 is 0 Å². The van der Waals surface area contributed by atoms with Gasteiger partial charge in [0, 0.05) is 0 Å². The van der Waals surface area contributed by atoms with Crippen LogP contribution in [0.3, 0.4) is 0 Å². The number of rotatable bonds is 3. The van der Waals surface area contributed by atoms with Crippen LogP contribution in [0.5, 0.6) is 0 Å². The number of hydrogen-bond donors (Lipinski definition) is 0. The van der Waals surface area contributed by atoms with Crippen LogP contribution in [0.4, 0.5) is 0 Å². The van der Waals surface area contributed by atoms with Gasteiger partial charge in [-0.05, 0) is 43.3 Å². The van der Waals surface area contributed by atoms with Gasteiger partial charge in [-0.15, -0.1) is 11.8 Å². The van der Waals surface area contributed by atoms with Gasteiger partial charge in [0.2, 0.25) is 0 Å². The van der Waals surface area contributed by atoms with E-state index < -0.39 is 0 Å². The van der Waals surface area contributed by atoms with E-state index in [-0.39, 0.29) is 4.75 Å². The van der Waals surface area contributed by atoms with E-state index in [9.17, 15) is 4.79 Å². The molecule has 1 saturated heterocycles. The summed E-state index contributed by atoms with van der Waals surface area (Å²) in [5.74, 6) is 1.19. The van der Waals surface area contributed by atoms with E-state index in [1.165, 1.54) is 37.7 Å². The maximum absolute atomic E-state index is 11.1. The van der Waals surface area contributed by atoms with Crippen molar-refractivity contribution in [2.45, 2.75) is 50.2 Å². The summed E-state index contributed by atoms with van der Waals surface area (Å²) >= 11 is 1.90. The van der Waals surface area contributed by atoms with Crippen LogP contribution in [-0.4, -0.2) is 16.8 Å². The number of carbonyl (C=O) groups is 1. The van der Waals surface area contributed by atoms with Crippen molar-refractivity contribution in [3.8, 4) is 0 Å². The first-order valence-corrected chi connectivity index (χ1v) is 6.27. The Kier molecular flexibility index (Phi) is 2.43. The molecule has 1 heterocycles. The maximum Gasteiger partial charge on any atom is 0.136 e. The lowest BCUT2D eigenvalue weighted by molar-refractivity contribution is -0.111. The second-order valence-corrected chi connectivity index (χ2v) is 6.49. The van der Waals surface area contributed by atoms with Crippen LogP contribution in [0.1, 0.15) is 45.4 Å². The molecular weight excluding hydrogens is 180 g/mol. The number of carbonyl (C=O) groups excluding carboxylic acids is 1. The van der Waals surface area contributed by atoms with E-state index >= 15 is 0 Å². The normalized spacial score (nSPS) is 37.0. The van der Waals surface area contributed by atoms with Crippen LogP contribution in [0.25, 0.3) is 0 Å². The average Bonchev–Trinajstić information content (AvgIpc) is 2.51. The summed E-state index contributed by atoms with van der Waals surface area (Å²) in [4.78, 5) is 11.1. The first-order chi connectivity index (χ1) is 6.18. The lowest BCUT2D eigenvalue weighted by atomic mass is 9.65. The van der Waals surface area contributed by atoms with Crippen molar-refractivity contribution < 1.29 is 4.79 Å². The number of hydrogen-bond acceptors (Lipinski definition) is 2. The predicted molar refractivity (Wildman–Crippen MR) is 57.1 cm³/mol. The van der Waals surface area contributed by atoms with Gasteiger partial charge < -0.3 is 4.79 Å². The molecule has 1 atom stereocenters. The smallest absolute Gasteiger partial charge is 0.136 e. The number of aldehydes is 1. The third-order valence-electron chi connectivity index (χ3n) is 3.64. The van der Waals surface area contributed by atoms with Crippen LogP contribution < -0.4 is 0 Å². The van der Waals surface area contributed by atoms with Crippen molar-refractivity contribution in [1.82, 2.24) is 0 Å². The first kappa shape index (κ1) is 9.57. The van der Waals surface area contributed by atoms with E-state index in [4.69, 9.17) is 0 Å².